The lowest BCUT2D eigenvalue weighted by atomic mass is 9.43. The van der Waals surface area contributed by atoms with E-state index in [4.69, 9.17) is 0 Å². The van der Waals surface area contributed by atoms with Gasteiger partial charge in [0.15, 0.2) is 0 Å². The molecule has 4 aliphatic carbocycles. The fourth-order valence-electron chi connectivity index (χ4n) is 10.1. The Balaban J connectivity index is 1.44. The molecule has 7 unspecified atom stereocenters. The van der Waals surface area contributed by atoms with Gasteiger partial charge < -0.3 is 0 Å². The van der Waals surface area contributed by atoms with Gasteiger partial charge in [-0.05, 0) is 110 Å². The summed E-state index contributed by atoms with van der Waals surface area (Å²) in [6, 6.07) is 0. The summed E-state index contributed by atoms with van der Waals surface area (Å²) in [5.41, 5.74) is 0.924. The molecule has 0 saturated heterocycles. The molecular weight excluding hydrogens is 400 g/mol. The van der Waals surface area contributed by atoms with Gasteiger partial charge in [-0.2, -0.15) is 0 Å². The minimum atomic E-state index is -0.174. The summed E-state index contributed by atoms with van der Waals surface area (Å²) in [5.74, 6) is 7.24. The molecule has 1 nitrogen and oxygen atoms in total. The van der Waals surface area contributed by atoms with Crippen molar-refractivity contribution in [2.24, 2.45) is 63.6 Å². The highest BCUT2D eigenvalue weighted by atomic mass is 16.1. The van der Waals surface area contributed by atoms with Crippen molar-refractivity contribution < 1.29 is 4.79 Å². The van der Waals surface area contributed by atoms with Crippen molar-refractivity contribution in [3.63, 3.8) is 0 Å². The van der Waals surface area contributed by atoms with Crippen molar-refractivity contribution in [3.8, 4) is 0 Å². The molecule has 0 radical (unpaired) electrons. The van der Waals surface area contributed by atoms with Crippen LogP contribution in [0.4, 0.5) is 0 Å². The van der Waals surface area contributed by atoms with Gasteiger partial charge in [-0.15, -0.1) is 0 Å². The van der Waals surface area contributed by atoms with Crippen LogP contribution in [0, 0.1) is 63.6 Å². The first-order chi connectivity index (χ1) is 15.4. The lowest BCUT2D eigenvalue weighted by molar-refractivity contribution is -0.143. The van der Waals surface area contributed by atoms with E-state index in [-0.39, 0.29) is 5.41 Å². The number of rotatable bonds is 6. The van der Waals surface area contributed by atoms with Crippen LogP contribution < -0.4 is 0 Å². The summed E-state index contributed by atoms with van der Waals surface area (Å²) in [5, 5.41) is 0. The van der Waals surface area contributed by atoms with Crippen LogP contribution in [0.3, 0.4) is 0 Å². The zero-order chi connectivity index (χ0) is 24.2. The Morgan fingerprint density at radius 2 is 1.52 bits per heavy atom. The Kier molecular flexibility index (Phi) is 7.24. The fourth-order valence-corrected chi connectivity index (χ4v) is 10.1. The second kappa shape index (κ2) is 9.28. The monoisotopic (exact) mass is 456 g/mol. The van der Waals surface area contributed by atoms with E-state index in [2.05, 4.69) is 55.4 Å². The van der Waals surface area contributed by atoms with E-state index >= 15 is 0 Å². The zero-order valence-electron chi connectivity index (χ0n) is 23.5. The third-order valence-electron chi connectivity index (χ3n) is 12.0. The number of fused-ring (bicyclic) bond motifs is 5. The molecule has 0 spiro atoms. The Bertz CT molecular complexity index is 700. The van der Waals surface area contributed by atoms with Gasteiger partial charge in [-0.3, -0.25) is 4.79 Å². The third-order valence-corrected chi connectivity index (χ3v) is 12.0. The molecule has 190 valence electrons. The summed E-state index contributed by atoms with van der Waals surface area (Å²) in [7, 11) is 0. The highest BCUT2D eigenvalue weighted by Crippen LogP contribution is 2.68. The van der Waals surface area contributed by atoms with Crippen LogP contribution in [0.25, 0.3) is 0 Å². The second-order valence-corrected chi connectivity index (χ2v) is 15.3. The first-order valence-electron chi connectivity index (χ1n) is 14.9. The van der Waals surface area contributed by atoms with Crippen molar-refractivity contribution >= 4 is 5.78 Å². The normalized spacial score (nSPS) is 44.2. The zero-order valence-corrected chi connectivity index (χ0v) is 23.5. The molecule has 0 heterocycles. The maximum absolute atomic E-state index is 13.1. The van der Waals surface area contributed by atoms with Gasteiger partial charge in [0.1, 0.15) is 5.78 Å². The van der Waals surface area contributed by atoms with Gasteiger partial charge in [0.25, 0.3) is 0 Å². The molecule has 4 aliphatic rings. The van der Waals surface area contributed by atoms with Gasteiger partial charge in [0, 0.05) is 11.3 Å². The molecular formula is C32H56O. The summed E-state index contributed by atoms with van der Waals surface area (Å²) in [4.78, 5) is 13.1. The van der Waals surface area contributed by atoms with E-state index < -0.39 is 0 Å². The van der Waals surface area contributed by atoms with E-state index in [0.29, 0.717) is 22.5 Å². The maximum atomic E-state index is 13.1. The topological polar surface area (TPSA) is 17.1 Å². The van der Waals surface area contributed by atoms with E-state index in [1.807, 2.05) is 0 Å². The van der Waals surface area contributed by atoms with Gasteiger partial charge in [0.05, 0.1) is 0 Å². The lowest BCUT2D eigenvalue weighted by Gasteiger charge is -2.61. The fraction of sp³-hybridized carbons (Fsp3) is 0.969. The van der Waals surface area contributed by atoms with Gasteiger partial charge >= 0.3 is 0 Å². The number of Topliss-reactive ketones (excluding diaryl/α,β-unsaturated/α-hetero) is 1. The Morgan fingerprint density at radius 3 is 2.18 bits per heavy atom. The molecule has 0 bridgehead atoms. The van der Waals surface area contributed by atoms with E-state index in [9.17, 15) is 4.79 Å². The first kappa shape index (κ1) is 25.8. The van der Waals surface area contributed by atoms with Crippen LogP contribution in [-0.4, -0.2) is 5.78 Å². The molecule has 9 atom stereocenters. The van der Waals surface area contributed by atoms with E-state index in [1.54, 1.807) is 0 Å². The van der Waals surface area contributed by atoms with Gasteiger partial charge in [-0.25, -0.2) is 0 Å². The molecule has 4 fully saturated rings. The summed E-state index contributed by atoms with van der Waals surface area (Å²) >= 11 is 0. The summed E-state index contributed by atoms with van der Waals surface area (Å²) in [6.45, 7) is 19.1. The largest absolute Gasteiger partial charge is 0.299 e. The Morgan fingerprint density at radius 1 is 0.848 bits per heavy atom. The molecule has 0 N–H and O–H groups in total. The van der Waals surface area contributed by atoms with Crippen LogP contribution in [0.5, 0.6) is 0 Å². The number of hydrogen-bond donors (Lipinski definition) is 0. The molecule has 0 aliphatic heterocycles. The van der Waals surface area contributed by atoms with E-state index in [0.717, 1.165) is 47.8 Å². The molecule has 33 heavy (non-hydrogen) atoms. The van der Waals surface area contributed by atoms with Crippen molar-refractivity contribution in [1.82, 2.24) is 0 Å². The lowest BCUT2D eigenvalue weighted by Crippen LogP contribution is -2.54. The highest BCUT2D eigenvalue weighted by molar-refractivity contribution is 5.86. The van der Waals surface area contributed by atoms with Crippen LogP contribution in [0.15, 0.2) is 0 Å². The molecule has 4 rings (SSSR count). The minimum absolute atomic E-state index is 0.174. The predicted octanol–water partition coefficient (Wildman–Crippen LogP) is 9.34. The number of ketones is 1. The standard InChI is InChI=1S/C32H56O/c1-21(2)10-9-11-22(3)26-14-15-27-25-13-12-24-20-23(29(33)30(4,5)6)16-18-31(24,7)28(25)17-19-32(26,27)8/h21-28H,9-20H2,1-8H3/t22-,23+,24?,25?,26?,27?,28?,31?,32?/m1/s1. The minimum Gasteiger partial charge on any atom is -0.299 e. The summed E-state index contributed by atoms with van der Waals surface area (Å²) in [6.07, 6.45) is 16.7. The second-order valence-electron chi connectivity index (χ2n) is 15.3. The van der Waals surface area contributed by atoms with Crippen molar-refractivity contribution in [1.29, 1.82) is 0 Å². The summed E-state index contributed by atoms with van der Waals surface area (Å²) < 4.78 is 0. The smallest absolute Gasteiger partial charge is 0.141 e. The predicted molar refractivity (Wildman–Crippen MR) is 141 cm³/mol. The molecule has 0 aromatic rings. The van der Waals surface area contributed by atoms with Crippen molar-refractivity contribution in [2.75, 3.05) is 0 Å². The maximum Gasteiger partial charge on any atom is 0.141 e. The van der Waals surface area contributed by atoms with Crippen LogP contribution >= 0.6 is 0 Å². The third kappa shape index (κ3) is 4.62. The van der Waals surface area contributed by atoms with Crippen LogP contribution in [-0.2, 0) is 4.79 Å². The molecule has 0 amide bonds. The molecule has 4 saturated carbocycles. The Labute approximate surface area is 206 Å². The average Bonchev–Trinajstić information content (AvgIpc) is 3.09. The van der Waals surface area contributed by atoms with Gasteiger partial charge in [-0.1, -0.05) is 74.7 Å². The quantitative estimate of drug-likeness (QED) is 0.389. The first-order valence-corrected chi connectivity index (χ1v) is 14.9. The van der Waals surface area contributed by atoms with Crippen LogP contribution in [0.2, 0.25) is 0 Å². The SMILES string of the molecule is CC(C)CCC[C@@H](C)C1CCC2C3CCC4C[C@@H](C(=O)C(C)(C)C)CCC4(C)C3CCC21C. The Hall–Kier alpha value is -0.330. The van der Waals surface area contributed by atoms with Crippen LogP contribution in [0.1, 0.15) is 132 Å². The number of carbonyl (C=O) groups excluding carboxylic acids is 1. The van der Waals surface area contributed by atoms with Crippen molar-refractivity contribution in [2.45, 2.75) is 132 Å². The highest BCUT2D eigenvalue weighted by Gasteiger charge is 2.60. The number of hydrogen-bond acceptors (Lipinski definition) is 1. The molecule has 0 aromatic heterocycles. The van der Waals surface area contributed by atoms with Crippen molar-refractivity contribution in [3.05, 3.63) is 0 Å². The van der Waals surface area contributed by atoms with Gasteiger partial charge in [0.2, 0.25) is 0 Å². The average molecular weight is 457 g/mol. The number of carbonyl (C=O) groups is 1. The molecule has 0 aromatic carbocycles. The molecule has 1 heteroatoms. The van der Waals surface area contributed by atoms with E-state index in [1.165, 1.54) is 70.6 Å².